The van der Waals surface area contributed by atoms with E-state index in [0.29, 0.717) is 0 Å². The van der Waals surface area contributed by atoms with Gasteiger partial charge in [-0.2, -0.15) is 0 Å². The monoisotopic (exact) mass is 201 g/mol. The summed E-state index contributed by atoms with van der Waals surface area (Å²) in [5.74, 6) is -2.97. The Bertz CT molecular complexity index is 355. The molecule has 0 saturated heterocycles. The van der Waals surface area contributed by atoms with E-state index in [9.17, 15) is 13.6 Å². The fraction of sp³-hybridized carbons (Fsp3) is 0.222. The lowest BCUT2D eigenvalue weighted by Gasteiger charge is -2.10. The van der Waals surface area contributed by atoms with Gasteiger partial charge in [-0.15, -0.1) is 0 Å². The minimum atomic E-state index is -1.30. The first-order chi connectivity index (χ1) is 6.57. The van der Waals surface area contributed by atoms with Gasteiger partial charge in [0.15, 0.2) is 11.6 Å². The largest absolute Gasteiger partial charge is 0.468 e. The van der Waals surface area contributed by atoms with Gasteiger partial charge in [-0.25, -0.2) is 8.78 Å². The minimum Gasteiger partial charge on any atom is -0.468 e. The summed E-state index contributed by atoms with van der Waals surface area (Å²) in [4.78, 5) is 10.9. The zero-order valence-corrected chi connectivity index (χ0v) is 7.46. The molecule has 1 aromatic carbocycles. The van der Waals surface area contributed by atoms with Gasteiger partial charge < -0.3 is 10.5 Å². The van der Waals surface area contributed by atoms with Gasteiger partial charge in [0.05, 0.1) is 7.11 Å². The van der Waals surface area contributed by atoms with Crippen molar-refractivity contribution in [1.29, 1.82) is 0 Å². The third-order valence-electron chi connectivity index (χ3n) is 1.77. The summed E-state index contributed by atoms with van der Waals surface area (Å²) in [5.41, 5.74) is 5.13. The molecule has 1 aromatic rings. The summed E-state index contributed by atoms with van der Waals surface area (Å²) in [5, 5.41) is 0. The molecule has 0 heterocycles. The van der Waals surface area contributed by atoms with Gasteiger partial charge in [0.1, 0.15) is 6.04 Å². The number of carbonyl (C=O) groups excluding carboxylic acids is 1. The Hall–Kier alpha value is -1.49. The average molecular weight is 201 g/mol. The van der Waals surface area contributed by atoms with Crippen molar-refractivity contribution in [2.45, 2.75) is 6.04 Å². The van der Waals surface area contributed by atoms with Gasteiger partial charge in [-0.1, -0.05) is 12.1 Å². The van der Waals surface area contributed by atoms with Crippen molar-refractivity contribution < 1.29 is 18.3 Å². The Morgan fingerprint density at radius 2 is 2.14 bits per heavy atom. The smallest absolute Gasteiger partial charge is 0.327 e. The summed E-state index contributed by atoms with van der Waals surface area (Å²) < 4.78 is 30.1. The van der Waals surface area contributed by atoms with Gasteiger partial charge in [0, 0.05) is 5.56 Å². The first-order valence-electron chi connectivity index (χ1n) is 3.85. The van der Waals surface area contributed by atoms with Crippen molar-refractivity contribution in [2.24, 2.45) is 5.73 Å². The summed E-state index contributed by atoms with van der Waals surface area (Å²) in [6.07, 6.45) is 0. The van der Waals surface area contributed by atoms with E-state index in [1.54, 1.807) is 0 Å². The molecule has 2 N–H and O–H groups in total. The van der Waals surface area contributed by atoms with E-state index in [1.807, 2.05) is 0 Å². The normalized spacial score (nSPS) is 12.3. The molecule has 0 amide bonds. The number of ether oxygens (including phenoxy) is 1. The zero-order valence-electron chi connectivity index (χ0n) is 7.46. The summed E-state index contributed by atoms with van der Waals surface area (Å²) >= 11 is 0. The topological polar surface area (TPSA) is 52.3 Å². The molecule has 3 nitrogen and oxygen atoms in total. The first-order valence-corrected chi connectivity index (χ1v) is 3.85. The van der Waals surface area contributed by atoms with E-state index in [4.69, 9.17) is 5.73 Å². The van der Waals surface area contributed by atoms with Gasteiger partial charge >= 0.3 is 5.97 Å². The quantitative estimate of drug-likeness (QED) is 0.730. The molecular weight excluding hydrogens is 192 g/mol. The van der Waals surface area contributed by atoms with Crippen LogP contribution in [0.15, 0.2) is 18.2 Å². The molecule has 14 heavy (non-hydrogen) atoms. The Kier molecular flexibility index (Phi) is 3.14. The molecule has 1 atom stereocenters. The summed E-state index contributed by atoms with van der Waals surface area (Å²) in [6, 6.07) is 2.16. The van der Waals surface area contributed by atoms with Crippen LogP contribution in [0.25, 0.3) is 0 Å². The number of halogens is 2. The van der Waals surface area contributed by atoms with E-state index >= 15 is 0 Å². The van der Waals surface area contributed by atoms with Crippen molar-refractivity contribution >= 4 is 5.97 Å². The predicted molar refractivity (Wildman–Crippen MR) is 45.3 cm³/mol. The number of methoxy groups -OCH3 is 1. The minimum absolute atomic E-state index is 0.211. The van der Waals surface area contributed by atoms with Crippen LogP contribution in [-0.2, 0) is 9.53 Å². The van der Waals surface area contributed by atoms with Crippen molar-refractivity contribution in [1.82, 2.24) is 0 Å². The predicted octanol–water partition coefficient (Wildman–Crippen LogP) is 1.14. The van der Waals surface area contributed by atoms with Gasteiger partial charge in [0.2, 0.25) is 0 Å². The van der Waals surface area contributed by atoms with Crippen molar-refractivity contribution in [3.63, 3.8) is 0 Å². The van der Waals surface area contributed by atoms with Crippen LogP contribution >= 0.6 is 0 Å². The van der Waals surface area contributed by atoms with Gasteiger partial charge in [-0.05, 0) is 6.07 Å². The molecule has 5 heteroatoms. The van der Waals surface area contributed by atoms with Gasteiger partial charge in [-0.3, -0.25) is 4.79 Å². The fourth-order valence-corrected chi connectivity index (χ4v) is 1.01. The SMILES string of the molecule is COC(=O)[C@H](N)c1cccc(F)c1F. The fourth-order valence-electron chi connectivity index (χ4n) is 1.01. The Morgan fingerprint density at radius 1 is 1.50 bits per heavy atom. The third kappa shape index (κ3) is 1.88. The highest BCUT2D eigenvalue weighted by Gasteiger charge is 2.21. The number of esters is 1. The van der Waals surface area contributed by atoms with Crippen molar-refractivity contribution in [3.8, 4) is 0 Å². The molecule has 0 bridgehead atoms. The van der Waals surface area contributed by atoms with E-state index in [2.05, 4.69) is 4.74 Å². The lowest BCUT2D eigenvalue weighted by molar-refractivity contribution is -0.142. The molecule has 76 valence electrons. The summed E-state index contributed by atoms with van der Waals surface area (Å²) in [6.45, 7) is 0. The average Bonchev–Trinajstić information content (AvgIpc) is 2.20. The maximum absolute atomic E-state index is 13.1. The van der Waals surface area contributed by atoms with E-state index in [-0.39, 0.29) is 5.56 Å². The number of carbonyl (C=O) groups is 1. The van der Waals surface area contributed by atoms with Crippen LogP contribution in [-0.4, -0.2) is 13.1 Å². The molecule has 0 aliphatic carbocycles. The second-order valence-electron chi connectivity index (χ2n) is 2.64. The van der Waals surface area contributed by atoms with Crippen LogP contribution in [0.3, 0.4) is 0 Å². The highest BCUT2D eigenvalue weighted by atomic mass is 19.2. The molecule has 0 aliphatic rings. The molecule has 0 radical (unpaired) electrons. The highest BCUT2D eigenvalue weighted by Crippen LogP contribution is 2.18. The van der Waals surface area contributed by atoms with Crippen LogP contribution in [0.1, 0.15) is 11.6 Å². The van der Waals surface area contributed by atoms with Crippen molar-refractivity contribution in [3.05, 3.63) is 35.4 Å². The maximum atomic E-state index is 13.1. The molecule has 0 spiro atoms. The zero-order chi connectivity index (χ0) is 10.7. The first kappa shape index (κ1) is 10.6. The van der Waals surface area contributed by atoms with E-state index in [0.717, 1.165) is 13.2 Å². The molecule has 0 fully saturated rings. The molecule has 0 aromatic heterocycles. The number of hydrogen-bond acceptors (Lipinski definition) is 3. The number of nitrogens with two attached hydrogens (primary N) is 1. The Balaban J connectivity index is 3.07. The molecular formula is C9H9F2NO2. The highest BCUT2D eigenvalue weighted by molar-refractivity contribution is 5.77. The molecule has 0 saturated carbocycles. The van der Waals surface area contributed by atoms with Crippen LogP contribution in [0.4, 0.5) is 8.78 Å². The van der Waals surface area contributed by atoms with Crippen LogP contribution in [0.2, 0.25) is 0 Å². The van der Waals surface area contributed by atoms with E-state index in [1.165, 1.54) is 12.1 Å². The third-order valence-corrected chi connectivity index (χ3v) is 1.77. The number of benzene rings is 1. The lowest BCUT2D eigenvalue weighted by atomic mass is 10.1. The van der Waals surface area contributed by atoms with E-state index < -0.39 is 23.6 Å². The molecule has 0 unspecified atom stereocenters. The molecule has 0 aliphatic heterocycles. The molecule has 1 rings (SSSR count). The maximum Gasteiger partial charge on any atom is 0.327 e. The summed E-state index contributed by atoms with van der Waals surface area (Å²) in [7, 11) is 1.12. The second kappa shape index (κ2) is 4.15. The van der Waals surface area contributed by atoms with Crippen molar-refractivity contribution in [2.75, 3.05) is 7.11 Å². The number of rotatable bonds is 2. The second-order valence-corrected chi connectivity index (χ2v) is 2.64. The standard InChI is InChI=1S/C9H9F2NO2/c1-14-9(13)8(12)5-3-2-4-6(10)7(5)11/h2-4,8H,12H2,1H3/t8-/m1/s1. The Labute approximate surface area is 79.5 Å². The van der Waals surface area contributed by atoms with Crippen LogP contribution < -0.4 is 5.73 Å². The Morgan fingerprint density at radius 3 is 2.71 bits per heavy atom. The van der Waals surface area contributed by atoms with Crippen LogP contribution in [0.5, 0.6) is 0 Å². The van der Waals surface area contributed by atoms with Gasteiger partial charge in [0.25, 0.3) is 0 Å². The lowest BCUT2D eigenvalue weighted by Crippen LogP contribution is -2.24. The number of hydrogen-bond donors (Lipinski definition) is 1. The van der Waals surface area contributed by atoms with Crippen LogP contribution in [0, 0.1) is 11.6 Å².